The van der Waals surface area contributed by atoms with Crippen molar-refractivity contribution in [3.63, 3.8) is 0 Å². The van der Waals surface area contributed by atoms with Gasteiger partial charge in [0.25, 0.3) is 10.1 Å². The number of rotatable bonds is 8. The number of nitrogens with one attached hydrogen (secondary N) is 1. The highest BCUT2D eigenvalue weighted by Crippen LogP contribution is 2.04. The van der Waals surface area contributed by atoms with Crippen molar-refractivity contribution < 1.29 is 13.0 Å². The van der Waals surface area contributed by atoms with Gasteiger partial charge in [-0.3, -0.25) is 4.55 Å². The molecule has 0 saturated heterocycles. The van der Waals surface area contributed by atoms with Crippen LogP contribution < -0.4 is 5.32 Å². The maximum absolute atomic E-state index is 10.2. The van der Waals surface area contributed by atoms with E-state index in [1.807, 2.05) is 26.0 Å². The van der Waals surface area contributed by atoms with Gasteiger partial charge in [-0.2, -0.15) is 8.42 Å². The van der Waals surface area contributed by atoms with Crippen molar-refractivity contribution in [1.82, 2.24) is 5.32 Å². The highest BCUT2D eigenvalue weighted by molar-refractivity contribution is 7.85. The molecule has 0 aromatic carbocycles. The molecular weight excluding hydrogens is 238 g/mol. The summed E-state index contributed by atoms with van der Waals surface area (Å²) in [5, 5.41) is 3.05. The Morgan fingerprint density at radius 3 is 2.00 bits per heavy atom. The van der Waals surface area contributed by atoms with E-state index >= 15 is 0 Å². The zero-order valence-corrected chi connectivity index (χ0v) is 11.7. The molecule has 0 aliphatic rings. The van der Waals surface area contributed by atoms with Crippen LogP contribution in [0.4, 0.5) is 0 Å². The largest absolute Gasteiger partial charge is 0.310 e. The molecule has 0 fully saturated rings. The molecule has 0 atom stereocenters. The van der Waals surface area contributed by atoms with Crippen LogP contribution in [0.5, 0.6) is 0 Å². The van der Waals surface area contributed by atoms with Gasteiger partial charge in [0.2, 0.25) is 0 Å². The molecule has 102 valence electrons. The monoisotopic (exact) mass is 263 g/mol. The van der Waals surface area contributed by atoms with Gasteiger partial charge in [0.05, 0.1) is 5.75 Å². The van der Waals surface area contributed by atoms with E-state index in [1.165, 1.54) is 0 Å². The Morgan fingerprint density at radius 2 is 1.71 bits per heavy atom. The summed E-state index contributed by atoms with van der Waals surface area (Å²) in [5.41, 5.74) is 0. The van der Waals surface area contributed by atoms with Crippen LogP contribution in [0.3, 0.4) is 0 Å². The predicted octanol–water partition coefficient (Wildman–Crippen LogP) is 2.26. The van der Waals surface area contributed by atoms with Crippen LogP contribution in [0.1, 0.15) is 26.7 Å². The summed E-state index contributed by atoms with van der Waals surface area (Å²) in [7, 11) is -3.72. The first kappa shape index (κ1) is 18.7. The van der Waals surface area contributed by atoms with Crippen LogP contribution >= 0.6 is 0 Å². The second-order valence-corrected chi connectivity index (χ2v) is 5.63. The Balaban J connectivity index is 0. The molecule has 0 aromatic heterocycles. The Kier molecular flexibility index (Phi) is 13.0. The van der Waals surface area contributed by atoms with E-state index in [0.29, 0.717) is 12.3 Å². The zero-order valence-electron chi connectivity index (χ0n) is 10.9. The SMILES string of the molecule is C=CCNCC=C.CC(C)CCCS(=O)(=O)O. The first-order valence-corrected chi connectivity index (χ1v) is 7.32. The van der Waals surface area contributed by atoms with Crippen molar-refractivity contribution in [1.29, 1.82) is 0 Å². The zero-order chi connectivity index (χ0) is 13.7. The van der Waals surface area contributed by atoms with Crippen LogP contribution in [0.25, 0.3) is 0 Å². The van der Waals surface area contributed by atoms with Gasteiger partial charge in [0.15, 0.2) is 0 Å². The maximum Gasteiger partial charge on any atom is 0.264 e. The molecule has 0 amide bonds. The first-order chi connectivity index (χ1) is 7.83. The van der Waals surface area contributed by atoms with Gasteiger partial charge in [-0.15, -0.1) is 13.2 Å². The molecule has 0 aliphatic carbocycles. The van der Waals surface area contributed by atoms with Crippen LogP contribution in [0, 0.1) is 5.92 Å². The van der Waals surface area contributed by atoms with E-state index in [2.05, 4.69) is 18.5 Å². The van der Waals surface area contributed by atoms with Gasteiger partial charge in [-0.1, -0.05) is 26.0 Å². The standard InChI is InChI=1S/C6H11N.C6H14O3S/c1-3-5-7-6-4-2;1-6(2)4-3-5-10(7,8)9/h3-4,7H,1-2,5-6H2;6H,3-5H2,1-2H3,(H,7,8,9). The summed E-state index contributed by atoms with van der Waals surface area (Å²) in [6, 6.07) is 0. The quantitative estimate of drug-likeness (QED) is 0.400. The lowest BCUT2D eigenvalue weighted by Crippen LogP contribution is -2.11. The van der Waals surface area contributed by atoms with Crippen molar-refractivity contribution in [3.8, 4) is 0 Å². The fraction of sp³-hybridized carbons (Fsp3) is 0.667. The van der Waals surface area contributed by atoms with Crippen LogP contribution in [-0.4, -0.2) is 31.8 Å². The summed E-state index contributed by atoms with van der Waals surface area (Å²) in [6.45, 7) is 12.8. The Morgan fingerprint density at radius 1 is 1.24 bits per heavy atom. The Labute approximate surface area is 106 Å². The van der Waals surface area contributed by atoms with E-state index in [-0.39, 0.29) is 5.75 Å². The molecule has 0 rings (SSSR count). The van der Waals surface area contributed by atoms with E-state index in [4.69, 9.17) is 4.55 Å². The van der Waals surface area contributed by atoms with Crippen molar-refractivity contribution in [2.45, 2.75) is 26.7 Å². The molecule has 0 aromatic rings. The molecule has 0 saturated carbocycles. The third-order valence-electron chi connectivity index (χ3n) is 1.76. The van der Waals surface area contributed by atoms with Gasteiger partial charge in [-0.25, -0.2) is 0 Å². The minimum atomic E-state index is -3.72. The highest BCUT2D eigenvalue weighted by Gasteiger charge is 2.03. The van der Waals surface area contributed by atoms with Crippen LogP contribution in [0.15, 0.2) is 25.3 Å². The van der Waals surface area contributed by atoms with E-state index in [9.17, 15) is 8.42 Å². The minimum Gasteiger partial charge on any atom is -0.310 e. The molecule has 0 spiro atoms. The van der Waals surface area contributed by atoms with E-state index in [1.54, 1.807) is 0 Å². The summed E-state index contributed by atoms with van der Waals surface area (Å²) in [4.78, 5) is 0. The lowest BCUT2D eigenvalue weighted by molar-refractivity contribution is 0.475. The summed E-state index contributed by atoms with van der Waals surface area (Å²) >= 11 is 0. The summed E-state index contributed by atoms with van der Waals surface area (Å²) < 4.78 is 28.6. The minimum absolute atomic E-state index is 0.106. The molecule has 4 nitrogen and oxygen atoms in total. The van der Waals surface area contributed by atoms with Gasteiger partial charge in [0.1, 0.15) is 0 Å². The summed E-state index contributed by atoms with van der Waals surface area (Å²) in [6.07, 6.45) is 5.04. The normalized spacial score (nSPS) is 10.6. The Hall–Kier alpha value is -0.650. The molecule has 17 heavy (non-hydrogen) atoms. The Bertz CT molecular complexity index is 276. The van der Waals surface area contributed by atoms with Gasteiger partial charge >= 0.3 is 0 Å². The average Bonchev–Trinajstić information content (AvgIpc) is 2.17. The third kappa shape index (κ3) is 25.5. The van der Waals surface area contributed by atoms with Gasteiger partial charge in [0, 0.05) is 13.1 Å². The average molecular weight is 263 g/mol. The van der Waals surface area contributed by atoms with Crippen LogP contribution in [0.2, 0.25) is 0 Å². The molecule has 0 bridgehead atoms. The second-order valence-electron chi connectivity index (χ2n) is 4.06. The smallest absolute Gasteiger partial charge is 0.264 e. The topological polar surface area (TPSA) is 66.4 Å². The van der Waals surface area contributed by atoms with Crippen molar-refractivity contribution in [2.75, 3.05) is 18.8 Å². The highest BCUT2D eigenvalue weighted by atomic mass is 32.2. The first-order valence-electron chi connectivity index (χ1n) is 5.71. The molecule has 0 heterocycles. The van der Waals surface area contributed by atoms with Crippen molar-refractivity contribution in [2.24, 2.45) is 5.92 Å². The maximum atomic E-state index is 10.2. The van der Waals surface area contributed by atoms with Gasteiger partial charge in [-0.05, 0) is 18.8 Å². The van der Waals surface area contributed by atoms with E-state index < -0.39 is 10.1 Å². The summed E-state index contributed by atoms with van der Waals surface area (Å²) in [5.74, 6) is 0.396. The van der Waals surface area contributed by atoms with Gasteiger partial charge < -0.3 is 5.32 Å². The molecule has 0 aliphatic heterocycles. The number of hydrogen-bond acceptors (Lipinski definition) is 3. The molecule has 2 N–H and O–H groups in total. The number of hydrogen-bond donors (Lipinski definition) is 2. The fourth-order valence-electron chi connectivity index (χ4n) is 0.961. The predicted molar refractivity (Wildman–Crippen MR) is 73.8 cm³/mol. The second kappa shape index (κ2) is 11.8. The van der Waals surface area contributed by atoms with Crippen molar-refractivity contribution in [3.05, 3.63) is 25.3 Å². The molecule has 5 heteroatoms. The van der Waals surface area contributed by atoms with E-state index in [0.717, 1.165) is 19.5 Å². The lowest BCUT2D eigenvalue weighted by atomic mass is 10.1. The fourth-order valence-corrected chi connectivity index (χ4v) is 1.49. The lowest BCUT2D eigenvalue weighted by Gasteiger charge is -2.00. The van der Waals surface area contributed by atoms with Crippen molar-refractivity contribution >= 4 is 10.1 Å². The third-order valence-corrected chi connectivity index (χ3v) is 2.57. The van der Waals surface area contributed by atoms with Crippen LogP contribution in [-0.2, 0) is 10.1 Å². The molecular formula is C12H25NO3S. The molecule has 0 unspecified atom stereocenters. The molecule has 0 radical (unpaired) electrons.